The van der Waals surface area contributed by atoms with Crippen LogP contribution >= 0.6 is 0 Å². The molecule has 9 nitrogen and oxygen atoms in total. The molecule has 2 fully saturated rings. The van der Waals surface area contributed by atoms with Gasteiger partial charge in [0.1, 0.15) is 10.6 Å². The van der Waals surface area contributed by atoms with Gasteiger partial charge in [-0.2, -0.15) is 0 Å². The molecule has 10 heteroatoms. The third-order valence-corrected chi connectivity index (χ3v) is 8.05. The van der Waals surface area contributed by atoms with Gasteiger partial charge in [-0.1, -0.05) is 19.3 Å². The van der Waals surface area contributed by atoms with E-state index in [1.54, 1.807) is 6.07 Å². The van der Waals surface area contributed by atoms with Crippen LogP contribution in [0, 0.1) is 5.92 Å². The van der Waals surface area contributed by atoms with E-state index in [1.165, 1.54) is 39.8 Å². The zero-order chi connectivity index (χ0) is 23.3. The zero-order valence-corrected chi connectivity index (χ0v) is 20.0. The highest BCUT2D eigenvalue weighted by Crippen LogP contribution is 2.29. The van der Waals surface area contributed by atoms with Gasteiger partial charge in [-0.25, -0.2) is 12.7 Å². The molecule has 1 aliphatic heterocycles. The molecule has 1 aromatic rings. The lowest BCUT2D eigenvalue weighted by atomic mass is 9.88. The van der Waals surface area contributed by atoms with Crippen LogP contribution in [0.25, 0.3) is 0 Å². The molecule has 0 unspecified atom stereocenters. The fourth-order valence-corrected chi connectivity index (χ4v) is 5.37. The Bertz CT molecular complexity index is 920. The number of piperazine rings is 1. The molecule has 1 aliphatic carbocycles. The molecule has 0 atom stereocenters. The molecule has 0 spiro atoms. The van der Waals surface area contributed by atoms with Crippen molar-refractivity contribution in [2.24, 2.45) is 5.92 Å². The Morgan fingerprint density at radius 2 is 1.75 bits per heavy atom. The van der Waals surface area contributed by atoms with Crippen LogP contribution in [0.3, 0.4) is 0 Å². The van der Waals surface area contributed by atoms with E-state index in [-0.39, 0.29) is 34.9 Å². The standard InChI is InChI=1S/C22H34N4O5S/c1-24(2)32(29,30)20-15-18(9-10-19(20)31-3)23-21(27)16-25-11-13-26(14-12-25)22(28)17-7-5-4-6-8-17/h9-10,15,17H,4-8,11-14,16H2,1-3H3,(H,23,27). The minimum absolute atomic E-state index is 0.00219. The summed E-state index contributed by atoms with van der Waals surface area (Å²) in [6.07, 6.45) is 5.49. The van der Waals surface area contributed by atoms with Crippen molar-refractivity contribution < 1.29 is 22.7 Å². The van der Waals surface area contributed by atoms with Gasteiger partial charge >= 0.3 is 0 Å². The number of nitrogens with one attached hydrogen (secondary N) is 1. The average molecular weight is 467 g/mol. The number of nitrogens with zero attached hydrogens (tertiary/aromatic N) is 3. The maximum atomic E-state index is 12.7. The summed E-state index contributed by atoms with van der Waals surface area (Å²) < 4.78 is 31.4. The number of carbonyl (C=O) groups excluding carboxylic acids is 2. The fraction of sp³-hybridized carbons (Fsp3) is 0.636. The van der Waals surface area contributed by atoms with E-state index in [0.29, 0.717) is 31.9 Å². The molecule has 0 radical (unpaired) electrons. The molecule has 1 saturated heterocycles. The predicted octanol–water partition coefficient (Wildman–Crippen LogP) is 1.61. The van der Waals surface area contributed by atoms with Crippen molar-refractivity contribution in [2.45, 2.75) is 37.0 Å². The molecule has 2 aliphatic rings. The topological polar surface area (TPSA) is 99.3 Å². The minimum Gasteiger partial charge on any atom is -0.495 e. The zero-order valence-electron chi connectivity index (χ0n) is 19.2. The first-order valence-corrected chi connectivity index (χ1v) is 12.6. The molecule has 178 valence electrons. The monoisotopic (exact) mass is 466 g/mol. The minimum atomic E-state index is -3.72. The van der Waals surface area contributed by atoms with Gasteiger partial charge < -0.3 is 15.0 Å². The SMILES string of the molecule is COc1ccc(NC(=O)CN2CCN(C(=O)C3CCCCC3)CC2)cc1S(=O)(=O)N(C)C. The normalized spacial score (nSPS) is 18.6. The van der Waals surface area contributed by atoms with Crippen LogP contribution < -0.4 is 10.1 Å². The van der Waals surface area contributed by atoms with Crippen molar-refractivity contribution in [3.63, 3.8) is 0 Å². The van der Waals surface area contributed by atoms with Crippen molar-refractivity contribution in [1.82, 2.24) is 14.1 Å². The second-order valence-electron chi connectivity index (χ2n) is 8.64. The Hall–Kier alpha value is -2.17. The van der Waals surface area contributed by atoms with Crippen LogP contribution in [0.2, 0.25) is 0 Å². The number of anilines is 1. The maximum absolute atomic E-state index is 12.7. The summed E-state index contributed by atoms with van der Waals surface area (Å²) in [5.41, 5.74) is 0.391. The van der Waals surface area contributed by atoms with E-state index < -0.39 is 10.0 Å². The van der Waals surface area contributed by atoms with Crippen LogP contribution in [-0.2, 0) is 19.6 Å². The molecular weight excluding hydrogens is 432 g/mol. The van der Waals surface area contributed by atoms with Crippen LogP contribution in [0.1, 0.15) is 32.1 Å². The van der Waals surface area contributed by atoms with E-state index in [0.717, 1.165) is 30.0 Å². The van der Waals surface area contributed by atoms with Gasteiger partial charge in [0.2, 0.25) is 21.8 Å². The van der Waals surface area contributed by atoms with Gasteiger partial charge in [0.05, 0.1) is 13.7 Å². The molecule has 32 heavy (non-hydrogen) atoms. The first-order chi connectivity index (χ1) is 15.2. The van der Waals surface area contributed by atoms with E-state index in [2.05, 4.69) is 5.32 Å². The van der Waals surface area contributed by atoms with Gasteiger partial charge in [-0.05, 0) is 31.0 Å². The number of methoxy groups -OCH3 is 1. The van der Waals surface area contributed by atoms with Crippen LogP contribution in [0.4, 0.5) is 5.69 Å². The van der Waals surface area contributed by atoms with Crippen molar-refractivity contribution in [3.05, 3.63) is 18.2 Å². The smallest absolute Gasteiger partial charge is 0.246 e. The summed E-state index contributed by atoms with van der Waals surface area (Å²) >= 11 is 0. The Morgan fingerprint density at radius 1 is 1.09 bits per heavy atom. The number of ether oxygens (including phenoxy) is 1. The van der Waals surface area contributed by atoms with Crippen LogP contribution in [-0.4, -0.2) is 88.3 Å². The van der Waals surface area contributed by atoms with E-state index in [9.17, 15) is 18.0 Å². The number of amides is 2. The predicted molar refractivity (Wildman–Crippen MR) is 122 cm³/mol. The van der Waals surface area contributed by atoms with Gasteiger partial charge in [-0.15, -0.1) is 0 Å². The Balaban J connectivity index is 1.55. The molecule has 3 rings (SSSR count). The maximum Gasteiger partial charge on any atom is 0.246 e. The van der Waals surface area contributed by atoms with Gasteiger partial charge in [0.25, 0.3) is 0 Å². The largest absolute Gasteiger partial charge is 0.495 e. The number of hydrogen-bond acceptors (Lipinski definition) is 6. The quantitative estimate of drug-likeness (QED) is 0.656. The number of carbonyl (C=O) groups is 2. The lowest BCUT2D eigenvalue weighted by Crippen LogP contribution is -2.52. The molecule has 0 aromatic heterocycles. The molecule has 2 amide bonds. The first-order valence-electron chi connectivity index (χ1n) is 11.1. The van der Waals surface area contributed by atoms with Gasteiger partial charge in [-0.3, -0.25) is 14.5 Å². The van der Waals surface area contributed by atoms with Crippen molar-refractivity contribution >= 4 is 27.5 Å². The summed E-state index contributed by atoms with van der Waals surface area (Å²) in [6, 6.07) is 4.56. The highest BCUT2D eigenvalue weighted by Gasteiger charge is 2.29. The summed E-state index contributed by atoms with van der Waals surface area (Å²) in [7, 11) is 0.570. The third kappa shape index (κ3) is 5.79. The third-order valence-electron chi connectivity index (χ3n) is 6.21. The van der Waals surface area contributed by atoms with Crippen LogP contribution in [0.5, 0.6) is 5.75 Å². The first kappa shape index (κ1) is 24.5. The number of sulfonamides is 1. The Morgan fingerprint density at radius 3 is 2.34 bits per heavy atom. The molecule has 1 heterocycles. The van der Waals surface area contributed by atoms with Crippen molar-refractivity contribution in [3.8, 4) is 5.75 Å². The lowest BCUT2D eigenvalue weighted by molar-refractivity contribution is -0.138. The van der Waals surface area contributed by atoms with E-state index in [4.69, 9.17) is 4.74 Å². The Labute approximate surface area is 190 Å². The van der Waals surface area contributed by atoms with Crippen LogP contribution in [0.15, 0.2) is 23.1 Å². The van der Waals surface area contributed by atoms with Crippen molar-refractivity contribution in [1.29, 1.82) is 0 Å². The fourth-order valence-electron chi connectivity index (χ4n) is 4.29. The highest BCUT2D eigenvalue weighted by molar-refractivity contribution is 7.89. The number of hydrogen-bond donors (Lipinski definition) is 1. The summed E-state index contributed by atoms with van der Waals surface area (Å²) in [4.78, 5) is 29.2. The molecule has 1 N–H and O–H groups in total. The summed E-state index contributed by atoms with van der Waals surface area (Å²) in [6.45, 7) is 2.75. The summed E-state index contributed by atoms with van der Waals surface area (Å²) in [5, 5.41) is 2.78. The van der Waals surface area contributed by atoms with Gasteiger partial charge in [0.15, 0.2) is 0 Å². The lowest BCUT2D eigenvalue weighted by Gasteiger charge is -2.36. The average Bonchev–Trinajstić information content (AvgIpc) is 2.79. The molecule has 0 bridgehead atoms. The molecule has 1 saturated carbocycles. The number of rotatable bonds is 7. The van der Waals surface area contributed by atoms with E-state index in [1.807, 2.05) is 9.80 Å². The second-order valence-corrected chi connectivity index (χ2v) is 10.8. The highest BCUT2D eigenvalue weighted by atomic mass is 32.2. The second kappa shape index (κ2) is 10.6. The summed E-state index contributed by atoms with van der Waals surface area (Å²) in [5.74, 6) is 0.425. The molecular formula is C22H34N4O5S. The molecule has 1 aromatic carbocycles. The van der Waals surface area contributed by atoms with E-state index >= 15 is 0 Å². The van der Waals surface area contributed by atoms with Gasteiger partial charge in [0, 0.05) is 51.9 Å². The number of benzene rings is 1. The van der Waals surface area contributed by atoms with Crippen molar-refractivity contribution in [2.75, 3.05) is 59.2 Å². The Kier molecular flexibility index (Phi) is 8.13.